The molecule has 5 rings (SSSR count). The van der Waals surface area contributed by atoms with Crippen molar-refractivity contribution in [3.63, 3.8) is 0 Å². The predicted octanol–water partition coefficient (Wildman–Crippen LogP) is 3.15. The number of rotatable bonds is 3. The number of nitrogens with two attached hydrogens (primary N) is 1. The highest BCUT2D eigenvalue weighted by Crippen LogP contribution is 2.30. The Bertz CT molecular complexity index is 1080. The second-order valence-corrected chi connectivity index (χ2v) is 6.32. The summed E-state index contributed by atoms with van der Waals surface area (Å²) in [5.41, 5.74) is 7.57. The van der Waals surface area contributed by atoms with Crippen molar-refractivity contribution >= 4 is 16.6 Å². The molecule has 3 aromatic heterocycles. The van der Waals surface area contributed by atoms with Gasteiger partial charge in [-0.1, -0.05) is 6.07 Å². The van der Waals surface area contributed by atoms with E-state index in [-0.39, 0.29) is 18.0 Å². The molecule has 7 heteroatoms. The summed E-state index contributed by atoms with van der Waals surface area (Å²) in [7, 11) is 0. The summed E-state index contributed by atoms with van der Waals surface area (Å²) in [4.78, 5) is 4.33. The number of halogens is 1. The molecule has 0 spiro atoms. The minimum absolute atomic E-state index is 0.104. The molecule has 3 heterocycles. The second kappa shape index (κ2) is 5.29. The van der Waals surface area contributed by atoms with Gasteiger partial charge in [-0.15, -0.1) is 5.10 Å². The van der Waals surface area contributed by atoms with Crippen LogP contribution in [0.5, 0.6) is 5.88 Å². The van der Waals surface area contributed by atoms with Gasteiger partial charge >= 0.3 is 0 Å². The first-order valence-corrected chi connectivity index (χ1v) is 8.13. The van der Waals surface area contributed by atoms with Gasteiger partial charge in [-0.25, -0.2) is 13.9 Å². The third kappa shape index (κ3) is 2.35. The number of nitrogens with zero attached hydrogens (tertiary/aromatic N) is 3. The van der Waals surface area contributed by atoms with E-state index in [9.17, 15) is 4.39 Å². The molecule has 0 aliphatic heterocycles. The number of hydrogen-bond donors (Lipinski definition) is 1. The third-order valence-electron chi connectivity index (χ3n) is 4.52. The van der Waals surface area contributed by atoms with E-state index in [1.54, 1.807) is 35.0 Å². The fraction of sp³-hybridized carbons (Fsp3) is 0.222. The van der Waals surface area contributed by atoms with Crippen molar-refractivity contribution in [2.75, 3.05) is 0 Å². The van der Waals surface area contributed by atoms with Crippen LogP contribution in [0.15, 0.2) is 47.0 Å². The van der Waals surface area contributed by atoms with Crippen LogP contribution in [0.1, 0.15) is 12.8 Å². The molecule has 2 N–H and O–H groups in total. The van der Waals surface area contributed by atoms with Crippen LogP contribution in [0, 0.1) is 5.82 Å². The normalized spacial score (nSPS) is 20.1. The molecule has 0 amide bonds. The standard InChI is InChI=1S/C18H15FN4O2/c19-13-2-1-3-15-12(13)8-16(25-15)14-9-21-17-4-5-18(22-23(14)17)24-11-6-10(20)7-11/h1-5,8-11H,6-7,20H2/t10-,11-. The summed E-state index contributed by atoms with van der Waals surface area (Å²) in [5.74, 6) is 0.688. The molecule has 1 aromatic carbocycles. The van der Waals surface area contributed by atoms with E-state index in [0.29, 0.717) is 34.0 Å². The Labute approximate surface area is 142 Å². The Kier molecular flexibility index (Phi) is 3.05. The van der Waals surface area contributed by atoms with Crippen molar-refractivity contribution in [3.8, 4) is 17.3 Å². The fourth-order valence-corrected chi connectivity index (χ4v) is 3.11. The lowest BCUT2D eigenvalue weighted by Gasteiger charge is -2.31. The van der Waals surface area contributed by atoms with Crippen molar-refractivity contribution in [1.29, 1.82) is 0 Å². The number of aromatic nitrogens is 3. The summed E-state index contributed by atoms with van der Waals surface area (Å²) >= 11 is 0. The van der Waals surface area contributed by atoms with E-state index < -0.39 is 0 Å². The molecule has 0 atom stereocenters. The average molecular weight is 338 g/mol. The molecule has 1 aliphatic carbocycles. The number of imidazole rings is 1. The molecule has 0 bridgehead atoms. The van der Waals surface area contributed by atoms with Crippen molar-refractivity contribution in [2.45, 2.75) is 25.0 Å². The van der Waals surface area contributed by atoms with Crippen molar-refractivity contribution in [3.05, 3.63) is 48.4 Å². The van der Waals surface area contributed by atoms with Crippen LogP contribution in [-0.2, 0) is 0 Å². The SMILES string of the molecule is N[C@H]1C[C@H](Oc2ccc3ncc(-c4cc5c(F)cccc5o4)n3n2)C1. The maximum Gasteiger partial charge on any atom is 0.232 e. The van der Waals surface area contributed by atoms with Gasteiger partial charge in [0, 0.05) is 12.1 Å². The van der Waals surface area contributed by atoms with Crippen molar-refractivity contribution < 1.29 is 13.5 Å². The van der Waals surface area contributed by atoms with E-state index in [0.717, 1.165) is 12.8 Å². The van der Waals surface area contributed by atoms with E-state index in [1.165, 1.54) is 6.07 Å². The van der Waals surface area contributed by atoms with E-state index in [2.05, 4.69) is 10.1 Å². The van der Waals surface area contributed by atoms with Gasteiger partial charge in [-0.2, -0.15) is 0 Å². The molecule has 1 aliphatic rings. The van der Waals surface area contributed by atoms with Crippen molar-refractivity contribution in [1.82, 2.24) is 14.6 Å². The van der Waals surface area contributed by atoms with E-state index in [4.69, 9.17) is 14.9 Å². The van der Waals surface area contributed by atoms with Crippen molar-refractivity contribution in [2.24, 2.45) is 5.73 Å². The summed E-state index contributed by atoms with van der Waals surface area (Å²) in [5, 5.41) is 4.92. The highest BCUT2D eigenvalue weighted by molar-refractivity contribution is 5.83. The Hall–Kier alpha value is -2.93. The third-order valence-corrected chi connectivity index (χ3v) is 4.52. The monoisotopic (exact) mass is 338 g/mol. The first-order valence-electron chi connectivity index (χ1n) is 8.13. The first kappa shape index (κ1) is 14.4. The Morgan fingerprint density at radius 1 is 1.24 bits per heavy atom. The quantitative estimate of drug-likeness (QED) is 0.621. The van der Waals surface area contributed by atoms with E-state index in [1.807, 2.05) is 6.07 Å². The summed E-state index contributed by atoms with van der Waals surface area (Å²) in [6.45, 7) is 0. The zero-order valence-electron chi connectivity index (χ0n) is 13.2. The van der Waals surface area contributed by atoms with Crippen LogP contribution in [0.4, 0.5) is 4.39 Å². The number of benzene rings is 1. The predicted molar refractivity (Wildman–Crippen MR) is 89.8 cm³/mol. The molecular weight excluding hydrogens is 323 g/mol. The van der Waals surface area contributed by atoms with Gasteiger partial charge in [0.1, 0.15) is 23.2 Å². The lowest BCUT2D eigenvalue weighted by molar-refractivity contribution is 0.0944. The fourth-order valence-electron chi connectivity index (χ4n) is 3.11. The number of fused-ring (bicyclic) bond motifs is 2. The van der Waals surface area contributed by atoms with Crippen LogP contribution >= 0.6 is 0 Å². The Balaban J connectivity index is 1.56. The van der Waals surface area contributed by atoms with E-state index >= 15 is 0 Å². The summed E-state index contributed by atoms with van der Waals surface area (Å²) in [6.07, 6.45) is 3.42. The molecule has 1 fully saturated rings. The Morgan fingerprint density at radius 3 is 2.92 bits per heavy atom. The van der Waals surface area contributed by atoms with Crippen LogP contribution in [0.3, 0.4) is 0 Å². The maximum absolute atomic E-state index is 13.9. The molecule has 126 valence electrons. The van der Waals surface area contributed by atoms with Gasteiger partial charge in [0.15, 0.2) is 11.4 Å². The zero-order valence-corrected chi connectivity index (χ0v) is 13.2. The summed E-state index contributed by atoms with van der Waals surface area (Å²) in [6, 6.07) is 10.2. The number of ether oxygens (including phenoxy) is 1. The molecule has 4 aromatic rings. The largest absolute Gasteiger partial charge is 0.473 e. The molecule has 0 unspecified atom stereocenters. The van der Waals surface area contributed by atoms with Gasteiger partial charge in [0.25, 0.3) is 0 Å². The molecular formula is C18H15FN4O2. The number of furan rings is 1. The first-order chi connectivity index (χ1) is 12.2. The van der Waals surface area contributed by atoms with Crippen LogP contribution < -0.4 is 10.5 Å². The molecule has 0 saturated heterocycles. The molecule has 1 saturated carbocycles. The number of hydrogen-bond acceptors (Lipinski definition) is 5. The highest BCUT2D eigenvalue weighted by Gasteiger charge is 2.28. The Morgan fingerprint density at radius 2 is 2.12 bits per heavy atom. The van der Waals surface area contributed by atoms with Gasteiger partial charge in [-0.3, -0.25) is 0 Å². The second-order valence-electron chi connectivity index (χ2n) is 6.32. The van der Waals surface area contributed by atoms with Gasteiger partial charge in [0.05, 0.1) is 11.6 Å². The van der Waals surface area contributed by atoms with Gasteiger partial charge < -0.3 is 14.9 Å². The maximum atomic E-state index is 13.9. The van der Waals surface area contributed by atoms with Crippen LogP contribution in [-0.4, -0.2) is 26.7 Å². The highest BCUT2D eigenvalue weighted by atomic mass is 19.1. The molecule has 6 nitrogen and oxygen atoms in total. The lowest BCUT2D eigenvalue weighted by Crippen LogP contribution is -2.43. The molecule has 25 heavy (non-hydrogen) atoms. The molecule has 0 radical (unpaired) electrons. The van der Waals surface area contributed by atoms with Crippen LogP contribution in [0.2, 0.25) is 0 Å². The smallest absolute Gasteiger partial charge is 0.232 e. The topological polar surface area (TPSA) is 78.6 Å². The average Bonchev–Trinajstić information content (AvgIpc) is 3.17. The summed E-state index contributed by atoms with van der Waals surface area (Å²) < 4.78 is 27.2. The van der Waals surface area contributed by atoms with Gasteiger partial charge in [0.2, 0.25) is 5.88 Å². The lowest BCUT2D eigenvalue weighted by atomic mass is 9.90. The van der Waals surface area contributed by atoms with Crippen LogP contribution in [0.25, 0.3) is 28.1 Å². The van der Waals surface area contributed by atoms with Gasteiger partial charge in [-0.05, 0) is 37.1 Å². The zero-order chi connectivity index (χ0) is 17.0. The minimum Gasteiger partial charge on any atom is -0.473 e. The minimum atomic E-state index is -0.320.